The van der Waals surface area contributed by atoms with Gasteiger partial charge in [0.2, 0.25) is 11.8 Å². The zero-order valence-corrected chi connectivity index (χ0v) is 17.1. The van der Waals surface area contributed by atoms with Crippen LogP contribution in [0.2, 0.25) is 0 Å². The summed E-state index contributed by atoms with van der Waals surface area (Å²) in [6.07, 6.45) is 1.97. The van der Waals surface area contributed by atoms with Crippen molar-refractivity contribution in [2.75, 3.05) is 44.2 Å². The van der Waals surface area contributed by atoms with E-state index in [2.05, 4.69) is 24.0 Å². The molecule has 2 saturated heterocycles. The number of unbranched alkanes of at least 4 members (excludes halogenated alkanes) is 1. The van der Waals surface area contributed by atoms with Gasteiger partial charge in [-0.2, -0.15) is 5.06 Å². The third-order valence-electron chi connectivity index (χ3n) is 5.79. The van der Waals surface area contributed by atoms with Gasteiger partial charge in [-0.15, -0.1) is 0 Å². The monoisotopic (exact) mass is 404 g/mol. The molecule has 3 N–H and O–H groups in total. The SMILES string of the molecule is CCCCOC1CC(C(N)=O)C(C(=O)N2CCN(c3ccccc3)CC2)N(O)C1. The number of amides is 2. The predicted molar refractivity (Wildman–Crippen MR) is 109 cm³/mol. The Morgan fingerprint density at radius 2 is 1.86 bits per heavy atom. The van der Waals surface area contributed by atoms with E-state index in [1.165, 1.54) is 0 Å². The fraction of sp³-hybridized carbons (Fsp3) is 0.619. The molecule has 8 heteroatoms. The number of nitrogens with two attached hydrogens (primary N) is 1. The van der Waals surface area contributed by atoms with Crippen LogP contribution in [0.3, 0.4) is 0 Å². The Morgan fingerprint density at radius 3 is 2.48 bits per heavy atom. The smallest absolute Gasteiger partial charge is 0.243 e. The van der Waals surface area contributed by atoms with Crippen LogP contribution in [0.4, 0.5) is 5.69 Å². The quantitative estimate of drug-likeness (QED) is 0.660. The van der Waals surface area contributed by atoms with Gasteiger partial charge >= 0.3 is 0 Å². The lowest BCUT2D eigenvalue weighted by Gasteiger charge is -2.43. The van der Waals surface area contributed by atoms with Crippen LogP contribution < -0.4 is 10.6 Å². The Hall–Kier alpha value is -2.16. The first-order chi connectivity index (χ1) is 14.0. The molecule has 160 valence electrons. The fourth-order valence-electron chi connectivity index (χ4n) is 4.11. The molecule has 29 heavy (non-hydrogen) atoms. The molecule has 3 atom stereocenters. The lowest BCUT2D eigenvalue weighted by Crippen LogP contribution is -2.62. The standard InChI is InChI=1S/C21H32N4O4/c1-2-3-13-29-17-14-18(20(22)26)19(25(28)15-17)21(27)24-11-9-23(10-12-24)16-7-5-4-6-8-16/h4-8,17-19,28H,2-3,9-15H2,1H3,(H2,22,26). The maximum absolute atomic E-state index is 13.1. The predicted octanol–water partition coefficient (Wildman–Crippen LogP) is 1.09. The normalized spacial score (nSPS) is 25.8. The van der Waals surface area contributed by atoms with Crippen molar-refractivity contribution >= 4 is 17.5 Å². The number of rotatable bonds is 7. The molecule has 0 spiro atoms. The molecular formula is C21H32N4O4. The van der Waals surface area contributed by atoms with E-state index in [1.54, 1.807) is 4.90 Å². The number of ether oxygens (including phenoxy) is 1. The zero-order chi connectivity index (χ0) is 20.8. The summed E-state index contributed by atoms with van der Waals surface area (Å²) >= 11 is 0. The Bertz CT molecular complexity index is 679. The van der Waals surface area contributed by atoms with Crippen molar-refractivity contribution in [3.8, 4) is 0 Å². The van der Waals surface area contributed by atoms with E-state index >= 15 is 0 Å². The molecular weight excluding hydrogens is 372 g/mol. The van der Waals surface area contributed by atoms with Crippen molar-refractivity contribution in [3.63, 3.8) is 0 Å². The van der Waals surface area contributed by atoms with Crippen molar-refractivity contribution in [1.29, 1.82) is 0 Å². The maximum atomic E-state index is 13.1. The highest BCUT2D eigenvalue weighted by Crippen LogP contribution is 2.27. The van der Waals surface area contributed by atoms with Gasteiger partial charge in [-0.05, 0) is 25.0 Å². The van der Waals surface area contributed by atoms with Crippen molar-refractivity contribution in [3.05, 3.63) is 30.3 Å². The Balaban J connectivity index is 1.61. The van der Waals surface area contributed by atoms with Crippen LogP contribution in [-0.4, -0.2) is 78.5 Å². The molecule has 0 bridgehead atoms. The third kappa shape index (κ3) is 5.26. The summed E-state index contributed by atoms with van der Waals surface area (Å²) in [5, 5.41) is 11.5. The Kier molecular flexibility index (Phi) is 7.46. The highest BCUT2D eigenvalue weighted by atomic mass is 16.5. The lowest BCUT2D eigenvalue weighted by atomic mass is 9.87. The van der Waals surface area contributed by atoms with Crippen molar-refractivity contribution < 1.29 is 19.5 Å². The molecule has 2 aliphatic rings. The molecule has 2 aliphatic heterocycles. The summed E-state index contributed by atoms with van der Waals surface area (Å²) < 4.78 is 5.77. The number of carbonyl (C=O) groups is 2. The van der Waals surface area contributed by atoms with Crippen molar-refractivity contribution in [1.82, 2.24) is 9.96 Å². The first-order valence-corrected chi connectivity index (χ1v) is 10.5. The molecule has 0 aromatic heterocycles. The topological polar surface area (TPSA) is 99.3 Å². The number of hydroxylamine groups is 2. The van der Waals surface area contributed by atoms with Gasteiger partial charge in [0.25, 0.3) is 0 Å². The molecule has 3 rings (SSSR count). The summed E-state index contributed by atoms with van der Waals surface area (Å²) in [4.78, 5) is 29.2. The number of benzene rings is 1. The number of hydrogen-bond donors (Lipinski definition) is 2. The van der Waals surface area contributed by atoms with Crippen LogP contribution in [0.15, 0.2) is 30.3 Å². The molecule has 0 aliphatic carbocycles. The Morgan fingerprint density at radius 1 is 1.17 bits per heavy atom. The summed E-state index contributed by atoms with van der Waals surface area (Å²) in [6, 6.07) is 9.13. The van der Waals surface area contributed by atoms with Gasteiger partial charge in [-0.1, -0.05) is 31.5 Å². The highest BCUT2D eigenvalue weighted by molar-refractivity contribution is 5.89. The van der Waals surface area contributed by atoms with Gasteiger partial charge in [-0.25, -0.2) is 0 Å². The second-order valence-electron chi connectivity index (χ2n) is 7.81. The zero-order valence-electron chi connectivity index (χ0n) is 17.1. The number of piperidine rings is 1. The van der Waals surface area contributed by atoms with E-state index < -0.39 is 17.9 Å². The summed E-state index contributed by atoms with van der Waals surface area (Å²) in [5.74, 6) is -1.58. The average molecular weight is 405 g/mol. The van der Waals surface area contributed by atoms with Gasteiger partial charge in [0.15, 0.2) is 0 Å². The Labute approximate surface area is 172 Å². The minimum atomic E-state index is -0.943. The molecule has 0 saturated carbocycles. The molecule has 1 aromatic rings. The van der Waals surface area contributed by atoms with E-state index in [1.807, 2.05) is 18.2 Å². The third-order valence-corrected chi connectivity index (χ3v) is 5.79. The van der Waals surface area contributed by atoms with Crippen LogP contribution in [0.25, 0.3) is 0 Å². The summed E-state index contributed by atoms with van der Waals surface area (Å²) in [5.41, 5.74) is 6.72. The van der Waals surface area contributed by atoms with E-state index in [9.17, 15) is 14.8 Å². The second-order valence-corrected chi connectivity index (χ2v) is 7.81. The number of carbonyl (C=O) groups excluding carboxylic acids is 2. The van der Waals surface area contributed by atoms with E-state index in [0.29, 0.717) is 39.2 Å². The first-order valence-electron chi connectivity index (χ1n) is 10.5. The van der Waals surface area contributed by atoms with Crippen LogP contribution in [0.1, 0.15) is 26.2 Å². The molecule has 2 heterocycles. The minimum absolute atomic E-state index is 0.202. The minimum Gasteiger partial charge on any atom is -0.377 e. The first kappa shape index (κ1) is 21.5. The van der Waals surface area contributed by atoms with Gasteiger partial charge in [-0.3, -0.25) is 9.59 Å². The van der Waals surface area contributed by atoms with E-state index in [-0.39, 0.29) is 18.6 Å². The van der Waals surface area contributed by atoms with Gasteiger partial charge in [0.1, 0.15) is 6.04 Å². The van der Waals surface area contributed by atoms with E-state index in [0.717, 1.165) is 23.6 Å². The van der Waals surface area contributed by atoms with Crippen LogP contribution in [-0.2, 0) is 14.3 Å². The lowest BCUT2D eigenvalue weighted by molar-refractivity contribution is -0.202. The largest absolute Gasteiger partial charge is 0.377 e. The number of piperazine rings is 1. The molecule has 8 nitrogen and oxygen atoms in total. The van der Waals surface area contributed by atoms with Crippen LogP contribution >= 0.6 is 0 Å². The van der Waals surface area contributed by atoms with Gasteiger partial charge < -0.3 is 25.5 Å². The average Bonchev–Trinajstić information content (AvgIpc) is 2.74. The molecule has 3 unspecified atom stereocenters. The second kappa shape index (κ2) is 10.0. The maximum Gasteiger partial charge on any atom is 0.243 e. The number of nitrogens with zero attached hydrogens (tertiary/aromatic N) is 3. The number of para-hydroxylation sites is 1. The fourth-order valence-corrected chi connectivity index (χ4v) is 4.11. The molecule has 2 amide bonds. The van der Waals surface area contributed by atoms with Gasteiger partial charge in [0.05, 0.1) is 18.6 Å². The van der Waals surface area contributed by atoms with Crippen molar-refractivity contribution in [2.24, 2.45) is 11.7 Å². The van der Waals surface area contributed by atoms with Gasteiger partial charge in [0, 0.05) is 38.5 Å². The number of primary amides is 1. The van der Waals surface area contributed by atoms with Crippen LogP contribution in [0.5, 0.6) is 0 Å². The number of anilines is 1. The van der Waals surface area contributed by atoms with Crippen molar-refractivity contribution in [2.45, 2.75) is 38.3 Å². The molecule has 2 fully saturated rings. The summed E-state index contributed by atoms with van der Waals surface area (Å²) in [6.45, 7) is 5.34. The summed E-state index contributed by atoms with van der Waals surface area (Å²) in [7, 11) is 0. The number of hydrogen-bond acceptors (Lipinski definition) is 6. The van der Waals surface area contributed by atoms with E-state index in [4.69, 9.17) is 10.5 Å². The highest BCUT2D eigenvalue weighted by Gasteiger charge is 2.45. The molecule has 1 aromatic carbocycles. The molecule has 0 radical (unpaired) electrons. The van der Waals surface area contributed by atoms with Crippen LogP contribution in [0, 0.1) is 5.92 Å².